The van der Waals surface area contributed by atoms with E-state index in [9.17, 15) is 0 Å². The molecular formula is C33H33F3S3. The van der Waals surface area contributed by atoms with Crippen molar-refractivity contribution < 1.29 is 13.2 Å². The number of thiol groups is 3. The molecule has 0 radical (unpaired) electrons. The van der Waals surface area contributed by atoms with E-state index in [1.54, 1.807) is 36.4 Å². The Hall–Kier alpha value is -2.28. The summed E-state index contributed by atoms with van der Waals surface area (Å²) in [6.45, 7) is 6.26. The van der Waals surface area contributed by atoms with Gasteiger partial charge in [0.1, 0.15) is 17.5 Å². The highest BCUT2D eigenvalue weighted by Crippen LogP contribution is 2.36. The summed E-state index contributed by atoms with van der Waals surface area (Å²) in [7, 11) is 0. The molecule has 0 saturated carbocycles. The molecule has 0 nitrogen and oxygen atoms in total. The molecule has 0 aromatic heterocycles. The molecule has 0 aliphatic heterocycles. The second-order valence-electron chi connectivity index (χ2n) is 9.79. The lowest BCUT2D eigenvalue weighted by Crippen LogP contribution is -2.15. The first-order valence-corrected chi connectivity index (χ1v) is 14.6. The fourth-order valence-electron chi connectivity index (χ4n) is 5.67. The zero-order valence-electron chi connectivity index (χ0n) is 22.4. The van der Waals surface area contributed by atoms with Gasteiger partial charge in [0.2, 0.25) is 0 Å². The summed E-state index contributed by atoms with van der Waals surface area (Å²) in [5.41, 5.74) is 8.07. The van der Waals surface area contributed by atoms with E-state index in [0.717, 1.165) is 33.4 Å². The second kappa shape index (κ2) is 12.9. The molecule has 39 heavy (non-hydrogen) atoms. The van der Waals surface area contributed by atoms with Crippen LogP contribution < -0.4 is 0 Å². The maximum atomic E-state index is 15.0. The Morgan fingerprint density at radius 3 is 0.923 bits per heavy atom. The van der Waals surface area contributed by atoms with Gasteiger partial charge in [-0.1, -0.05) is 20.8 Å². The minimum atomic E-state index is -0.290. The van der Waals surface area contributed by atoms with Gasteiger partial charge in [0, 0.05) is 33.9 Å². The average Bonchev–Trinajstić information content (AvgIpc) is 2.90. The van der Waals surface area contributed by atoms with Gasteiger partial charge in [-0.05, 0) is 124 Å². The van der Waals surface area contributed by atoms with Gasteiger partial charge in [0.05, 0.1) is 0 Å². The van der Waals surface area contributed by atoms with E-state index in [2.05, 4.69) is 58.7 Å². The van der Waals surface area contributed by atoms with Gasteiger partial charge in [0.25, 0.3) is 0 Å². The van der Waals surface area contributed by atoms with Crippen molar-refractivity contribution in [3.05, 3.63) is 122 Å². The molecule has 0 unspecified atom stereocenters. The third-order valence-electron chi connectivity index (χ3n) is 7.44. The zero-order valence-corrected chi connectivity index (χ0v) is 25.1. The molecule has 0 spiro atoms. The summed E-state index contributed by atoms with van der Waals surface area (Å²) in [4.78, 5) is 2.07. The Morgan fingerprint density at radius 1 is 0.436 bits per heavy atom. The molecule has 6 heteroatoms. The first-order valence-electron chi connectivity index (χ1n) is 13.3. The Balaban J connectivity index is 2.03. The molecule has 0 bridgehead atoms. The SMILES string of the molecule is CCc1c(Cc2cc(S)ccc2F)c(CC)c(Cc2cc(S)ccc2F)c(CC)c1Cc1cc(S)ccc1F. The van der Waals surface area contributed by atoms with E-state index < -0.39 is 0 Å². The monoisotopic (exact) mass is 582 g/mol. The summed E-state index contributed by atoms with van der Waals surface area (Å²) < 4.78 is 45.0. The molecule has 0 fully saturated rings. The molecule has 0 aliphatic carbocycles. The molecule has 4 aromatic carbocycles. The van der Waals surface area contributed by atoms with Crippen LogP contribution in [0.4, 0.5) is 13.2 Å². The molecule has 0 heterocycles. The van der Waals surface area contributed by atoms with Crippen LogP contribution >= 0.6 is 37.9 Å². The number of benzene rings is 4. The zero-order chi connectivity index (χ0) is 28.3. The van der Waals surface area contributed by atoms with Crippen LogP contribution in [0.2, 0.25) is 0 Å². The van der Waals surface area contributed by atoms with Crippen LogP contribution in [-0.2, 0) is 38.5 Å². The van der Waals surface area contributed by atoms with Gasteiger partial charge in [-0.2, -0.15) is 0 Å². The Bertz CT molecular complexity index is 1310. The van der Waals surface area contributed by atoms with Crippen molar-refractivity contribution in [2.45, 2.75) is 74.0 Å². The standard InChI is InChI=1S/C33H33F3S3/c1-4-25-28(16-19-13-22(37)7-10-31(19)34)26(5-2)30(18-21-15-24(39)9-12-33(21)36)27(6-3)29(25)17-20-14-23(38)8-11-32(20)35/h7-15,37-39H,4-6,16-18H2,1-3H3. The van der Waals surface area contributed by atoms with E-state index in [0.29, 0.717) is 69.9 Å². The van der Waals surface area contributed by atoms with Gasteiger partial charge in [-0.3, -0.25) is 0 Å². The summed E-state index contributed by atoms with van der Waals surface area (Å²) >= 11 is 13.3. The maximum Gasteiger partial charge on any atom is 0.126 e. The fraction of sp³-hybridized carbons (Fsp3) is 0.273. The van der Waals surface area contributed by atoms with E-state index in [1.165, 1.54) is 18.2 Å². The summed E-state index contributed by atoms with van der Waals surface area (Å²) in [5, 5.41) is 0. The van der Waals surface area contributed by atoms with Crippen molar-refractivity contribution >= 4 is 37.9 Å². The molecule has 0 N–H and O–H groups in total. The van der Waals surface area contributed by atoms with Crippen LogP contribution in [0.3, 0.4) is 0 Å². The van der Waals surface area contributed by atoms with Crippen LogP contribution in [0, 0.1) is 17.5 Å². The van der Waals surface area contributed by atoms with Gasteiger partial charge in [0.15, 0.2) is 0 Å². The molecule has 0 amide bonds. The number of rotatable bonds is 9. The first kappa shape index (κ1) is 29.7. The van der Waals surface area contributed by atoms with Crippen LogP contribution in [-0.4, -0.2) is 0 Å². The van der Waals surface area contributed by atoms with E-state index in [1.807, 2.05) is 0 Å². The van der Waals surface area contributed by atoms with Gasteiger partial charge < -0.3 is 0 Å². The quantitative estimate of drug-likeness (QED) is 0.161. The smallest absolute Gasteiger partial charge is 0.126 e. The topological polar surface area (TPSA) is 0 Å². The molecule has 4 rings (SSSR count). The Kier molecular flexibility index (Phi) is 9.84. The normalized spacial score (nSPS) is 11.3. The van der Waals surface area contributed by atoms with E-state index in [-0.39, 0.29) is 17.5 Å². The van der Waals surface area contributed by atoms with Crippen molar-refractivity contribution in [3.8, 4) is 0 Å². The predicted molar refractivity (Wildman–Crippen MR) is 164 cm³/mol. The lowest BCUT2D eigenvalue weighted by atomic mass is 9.78. The summed E-state index contributed by atoms with van der Waals surface area (Å²) in [6.07, 6.45) is 3.24. The lowest BCUT2D eigenvalue weighted by molar-refractivity contribution is 0.610. The van der Waals surface area contributed by atoms with E-state index in [4.69, 9.17) is 0 Å². The highest BCUT2D eigenvalue weighted by Gasteiger charge is 2.24. The highest BCUT2D eigenvalue weighted by atomic mass is 32.1. The van der Waals surface area contributed by atoms with Crippen molar-refractivity contribution in [1.82, 2.24) is 0 Å². The van der Waals surface area contributed by atoms with Gasteiger partial charge >= 0.3 is 0 Å². The molecule has 0 aliphatic rings. The minimum Gasteiger partial charge on any atom is -0.207 e. The average molecular weight is 583 g/mol. The molecule has 4 aromatic rings. The maximum absolute atomic E-state index is 15.0. The predicted octanol–water partition coefficient (Wildman–Crippen LogP) is 9.43. The molecule has 0 saturated heterocycles. The van der Waals surface area contributed by atoms with Crippen LogP contribution in [0.5, 0.6) is 0 Å². The number of halogens is 3. The Labute approximate surface area is 246 Å². The fourth-order valence-corrected chi connectivity index (χ4v) is 6.37. The minimum absolute atomic E-state index is 0.290. The lowest BCUT2D eigenvalue weighted by Gasteiger charge is -2.27. The van der Waals surface area contributed by atoms with E-state index >= 15 is 13.2 Å². The Morgan fingerprint density at radius 2 is 0.692 bits per heavy atom. The summed E-state index contributed by atoms with van der Waals surface area (Å²) in [5.74, 6) is -0.869. The van der Waals surface area contributed by atoms with Gasteiger partial charge in [-0.15, -0.1) is 37.9 Å². The molecule has 0 atom stereocenters. The van der Waals surface area contributed by atoms with Crippen molar-refractivity contribution in [3.63, 3.8) is 0 Å². The summed E-state index contributed by atoms with van der Waals surface area (Å²) in [6, 6.07) is 14.5. The van der Waals surface area contributed by atoms with Crippen LogP contribution in [0.15, 0.2) is 69.3 Å². The van der Waals surface area contributed by atoms with Crippen molar-refractivity contribution in [1.29, 1.82) is 0 Å². The largest absolute Gasteiger partial charge is 0.207 e. The highest BCUT2D eigenvalue weighted by molar-refractivity contribution is 7.80. The third-order valence-corrected chi connectivity index (χ3v) is 8.27. The molecule has 204 valence electrons. The second-order valence-corrected chi connectivity index (χ2v) is 11.3. The van der Waals surface area contributed by atoms with Crippen molar-refractivity contribution in [2.24, 2.45) is 0 Å². The van der Waals surface area contributed by atoms with Crippen molar-refractivity contribution in [2.75, 3.05) is 0 Å². The first-order chi connectivity index (χ1) is 18.7. The molecular weight excluding hydrogens is 550 g/mol. The third kappa shape index (κ3) is 6.55. The van der Waals surface area contributed by atoms with Gasteiger partial charge in [-0.25, -0.2) is 13.2 Å². The van der Waals surface area contributed by atoms with Crippen LogP contribution in [0.25, 0.3) is 0 Å². The number of hydrogen-bond acceptors (Lipinski definition) is 3. The van der Waals surface area contributed by atoms with Crippen LogP contribution in [0.1, 0.15) is 70.8 Å². The number of hydrogen-bond donors (Lipinski definition) is 3.